The first-order chi connectivity index (χ1) is 17.2. The van der Waals surface area contributed by atoms with Crippen LogP contribution in [0.4, 0.5) is 27.6 Å². The van der Waals surface area contributed by atoms with Crippen molar-refractivity contribution in [2.45, 2.75) is 50.9 Å². The van der Waals surface area contributed by atoms with Crippen molar-refractivity contribution in [1.29, 1.82) is 0 Å². The van der Waals surface area contributed by atoms with Gasteiger partial charge in [-0.15, -0.1) is 8.78 Å². The number of carbonyl (C=O) groups is 2. The largest absolute Gasteiger partial charge is 0.586 e. The summed E-state index contributed by atoms with van der Waals surface area (Å²) in [6, 6.07) is 4.89. The zero-order chi connectivity index (χ0) is 27.3. The first-order valence-electron chi connectivity index (χ1n) is 11.0. The number of pyridine rings is 1. The second kappa shape index (κ2) is 9.01. The molecule has 2 aliphatic rings. The van der Waals surface area contributed by atoms with Crippen LogP contribution in [-0.2, 0) is 9.53 Å². The molecule has 0 radical (unpaired) electrons. The van der Waals surface area contributed by atoms with E-state index >= 15 is 0 Å². The van der Waals surface area contributed by atoms with Crippen LogP contribution in [0.1, 0.15) is 42.7 Å². The van der Waals surface area contributed by atoms with Gasteiger partial charge in [0.1, 0.15) is 11.8 Å². The van der Waals surface area contributed by atoms with Crippen LogP contribution in [0, 0.1) is 5.92 Å². The van der Waals surface area contributed by atoms with Gasteiger partial charge in [0.2, 0.25) is 5.75 Å². The summed E-state index contributed by atoms with van der Waals surface area (Å²) in [6.45, 7) is 3.65. The van der Waals surface area contributed by atoms with E-state index in [-0.39, 0.29) is 29.3 Å². The van der Waals surface area contributed by atoms with Crippen molar-refractivity contribution >= 4 is 17.5 Å². The number of benzene rings is 1. The van der Waals surface area contributed by atoms with Crippen molar-refractivity contribution in [3.8, 4) is 17.2 Å². The first-order valence-corrected chi connectivity index (χ1v) is 11.0. The van der Waals surface area contributed by atoms with Crippen LogP contribution in [0.3, 0.4) is 0 Å². The van der Waals surface area contributed by atoms with Gasteiger partial charge in [0, 0.05) is 29.3 Å². The number of aromatic nitrogens is 1. The van der Waals surface area contributed by atoms with Gasteiger partial charge < -0.3 is 30.0 Å². The van der Waals surface area contributed by atoms with E-state index in [1.165, 1.54) is 25.1 Å². The molecule has 4 rings (SSSR count). The molecular formula is C23H22F5N3O6. The SMILES string of the molecule is CCOc1ccc([C@H]2C(C(=O)Nc3ccnc(C(N)=O)c3)O[C@@](C)(C(F)(F)F)[C@H]2C)c2c1OC(F)(F)O2. The minimum absolute atomic E-state index is 0.00690. The van der Waals surface area contributed by atoms with Crippen LogP contribution in [0.25, 0.3) is 0 Å². The minimum Gasteiger partial charge on any atom is -0.490 e. The highest BCUT2D eigenvalue weighted by Crippen LogP contribution is 2.58. The molecule has 200 valence electrons. The van der Waals surface area contributed by atoms with Gasteiger partial charge in [-0.05, 0) is 32.0 Å². The quantitative estimate of drug-likeness (QED) is 0.541. The summed E-state index contributed by atoms with van der Waals surface area (Å²) >= 11 is 0. The summed E-state index contributed by atoms with van der Waals surface area (Å²) in [7, 11) is 0. The van der Waals surface area contributed by atoms with E-state index < -0.39 is 59.3 Å². The summed E-state index contributed by atoms with van der Waals surface area (Å²) in [6.07, 6.45) is -9.69. The van der Waals surface area contributed by atoms with Crippen LogP contribution in [0.15, 0.2) is 30.5 Å². The number of nitrogens with one attached hydrogen (secondary N) is 1. The second-order valence-corrected chi connectivity index (χ2v) is 8.65. The number of hydrogen-bond donors (Lipinski definition) is 2. The number of carbonyl (C=O) groups excluding carboxylic acids is 2. The van der Waals surface area contributed by atoms with Crippen LogP contribution in [-0.4, -0.2) is 47.6 Å². The highest BCUT2D eigenvalue weighted by atomic mass is 19.4. The Morgan fingerprint density at radius 2 is 1.86 bits per heavy atom. The normalized spacial score (nSPS) is 26.1. The molecule has 1 aromatic carbocycles. The molecule has 9 nitrogen and oxygen atoms in total. The van der Waals surface area contributed by atoms with Crippen molar-refractivity contribution in [1.82, 2.24) is 4.98 Å². The van der Waals surface area contributed by atoms with E-state index in [0.29, 0.717) is 0 Å². The van der Waals surface area contributed by atoms with E-state index in [0.717, 1.165) is 19.2 Å². The van der Waals surface area contributed by atoms with Crippen LogP contribution in [0.2, 0.25) is 0 Å². The highest BCUT2D eigenvalue weighted by molar-refractivity contribution is 5.97. The summed E-state index contributed by atoms with van der Waals surface area (Å²) in [5.74, 6) is -5.95. The Balaban J connectivity index is 1.79. The number of primary amides is 1. The van der Waals surface area contributed by atoms with Gasteiger partial charge in [0.15, 0.2) is 17.1 Å². The van der Waals surface area contributed by atoms with E-state index in [1.807, 2.05) is 0 Å². The lowest BCUT2D eigenvalue weighted by Gasteiger charge is -2.31. The van der Waals surface area contributed by atoms with Gasteiger partial charge in [-0.2, -0.15) is 13.2 Å². The molecule has 0 bridgehead atoms. The Morgan fingerprint density at radius 1 is 1.19 bits per heavy atom. The third kappa shape index (κ3) is 4.61. The Hall–Kier alpha value is -3.68. The number of halogens is 5. The molecular weight excluding hydrogens is 509 g/mol. The van der Waals surface area contributed by atoms with E-state index in [2.05, 4.69) is 19.8 Å². The van der Waals surface area contributed by atoms with Crippen molar-refractivity contribution in [3.63, 3.8) is 0 Å². The first kappa shape index (κ1) is 26.4. The average molecular weight is 531 g/mol. The lowest BCUT2D eigenvalue weighted by molar-refractivity contribution is -0.287. The molecule has 0 aliphatic carbocycles. The Kier molecular flexibility index (Phi) is 6.42. The standard InChI is InChI=1S/C23H22F5N3O6/c1-4-34-14-6-5-12(16-17(14)37-23(27,28)36-16)15-10(2)21(3,22(24,25)26)35-18(15)20(33)31-11-7-8-30-13(9-11)19(29)32/h5-10,15,18H,4H2,1-3H3,(H2,29,32)(H,30,31,33)/t10-,15-,18?,21+/m0/s1. The molecule has 2 aliphatic heterocycles. The van der Waals surface area contributed by atoms with Gasteiger partial charge in [0.25, 0.3) is 11.8 Å². The molecule has 14 heteroatoms. The van der Waals surface area contributed by atoms with Crippen molar-refractivity contribution in [2.24, 2.45) is 11.7 Å². The summed E-state index contributed by atoms with van der Waals surface area (Å²) in [5, 5.41) is 2.38. The van der Waals surface area contributed by atoms with Crippen LogP contribution < -0.4 is 25.3 Å². The number of fused-ring (bicyclic) bond motifs is 1. The molecule has 0 spiro atoms. The number of rotatable bonds is 6. The fraction of sp³-hybridized carbons (Fsp3) is 0.435. The molecule has 1 unspecified atom stereocenters. The number of ether oxygens (including phenoxy) is 4. The maximum absolute atomic E-state index is 14.1. The van der Waals surface area contributed by atoms with E-state index in [9.17, 15) is 31.5 Å². The molecule has 0 saturated carbocycles. The fourth-order valence-electron chi connectivity index (χ4n) is 4.43. The van der Waals surface area contributed by atoms with E-state index in [1.54, 1.807) is 6.92 Å². The van der Waals surface area contributed by atoms with E-state index in [4.69, 9.17) is 15.2 Å². The van der Waals surface area contributed by atoms with Crippen LogP contribution in [0.5, 0.6) is 17.2 Å². The number of nitrogens with two attached hydrogens (primary N) is 1. The fourth-order valence-corrected chi connectivity index (χ4v) is 4.43. The molecule has 3 N–H and O–H groups in total. The monoisotopic (exact) mass is 531 g/mol. The second-order valence-electron chi connectivity index (χ2n) is 8.65. The molecule has 4 atom stereocenters. The Bertz CT molecular complexity index is 1240. The van der Waals surface area contributed by atoms with Gasteiger partial charge in [-0.3, -0.25) is 14.6 Å². The molecule has 1 saturated heterocycles. The third-order valence-electron chi connectivity index (χ3n) is 6.41. The van der Waals surface area contributed by atoms with Gasteiger partial charge in [-0.1, -0.05) is 13.0 Å². The lowest BCUT2D eigenvalue weighted by Crippen LogP contribution is -2.47. The number of hydrogen-bond acceptors (Lipinski definition) is 7. The zero-order valence-electron chi connectivity index (χ0n) is 19.7. The van der Waals surface area contributed by atoms with Gasteiger partial charge in [0.05, 0.1) is 6.61 Å². The molecule has 3 heterocycles. The smallest absolute Gasteiger partial charge is 0.490 e. The molecule has 37 heavy (non-hydrogen) atoms. The topological polar surface area (TPSA) is 122 Å². The number of alkyl halides is 5. The number of amides is 2. The summed E-state index contributed by atoms with van der Waals surface area (Å²) in [5.41, 5.74) is 1.99. The minimum atomic E-state index is -4.93. The number of anilines is 1. The van der Waals surface area contributed by atoms with Crippen molar-refractivity contribution in [2.75, 3.05) is 11.9 Å². The molecule has 1 aromatic heterocycles. The zero-order valence-corrected chi connectivity index (χ0v) is 19.7. The summed E-state index contributed by atoms with van der Waals surface area (Å²) in [4.78, 5) is 28.4. The predicted molar refractivity (Wildman–Crippen MR) is 116 cm³/mol. The van der Waals surface area contributed by atoms with Crippen molar-refractivity contribution < 1.29 is 50.5 Å². The Labute approximate surface area is 207 Å². The number of nitrogens with zero attached hydrogens (tertiary/aromatic N) is 1. The van der Waals surface area contributed by atoms with Gasteiger partial charge in [-0.25, -0.2) is 0 Å². The highest BCUT2D eigenvalue weighted by Gasteiger charge is 2.66. The van der Waals surface area contributed by atoms with Crippen molar-refractivity contribution in [3.05, 3.63) is 41.7 Å². The molecule has 1 fully saturated rings. The predicted octanol–water partition coefficient (Wildman–Crippen LogP) is 3.98. The average Bonchev–Trinajstić information content (AvgIpc) is 3.28. The maximum Gasteiger partial charge on any atom is 0.586 e. The lowest BCUT2D eigenvalue weighted by atomic mass is 9.77. The molecule has 2 aromatic rings. The maximum atomic E-state index is 14.1. The third-order valence-corrected chi connectivity index (χ3v) is 6.41. The summed E-state index contributed by atoms with van der Waals surface area (Å²) < 4.78 is 90.4. The van der Waals surface area contributed by atoms with Gasteiger partial charge >= 0.3 is 12.5 Å². The van der Waals surface area contributed by atoms with Crippen LogP contribution >= 0.6 is 0 Å². The Morgan fingerprint density at radius 3 is 2.49 bits per heavy atom. The molecule has 2 amide bonds.